The highest BCUT2D eigenvalue weighted by Gasteiger charge is 2.42. The number of nitrogens with zero attached hydrogens (tertiary/aromatic N) is 4. The molecule has 0 fully saturated rings. The summed E-state index contributed by atoms with van der Waals surface area (Å²) in [5.41, 5.74) is 6.37. The number of fused-ring (bicyclic) bond motifs is 6. The first-order chi connectivity index (χ1) is 31.2. The lowest BCUT2D eigenvalue weighted by atomic mass is 10.1. The Kier molecular flexibility index (Phi) is 8.99. The first-order valence-electron chi connectivity index (χ1n) is 21.3. The van der Waals surface area contributed by atoms with Crippen molar-refractivity contribution in [2.24, 2.45) is 0 Å². The third kappa shape index (κ3) is 6.22. The van der Waals surface area contributed by atoms with Crippen molar-refractivity contribution in [1.29, 1.82) is 0 Å². The van der Waals surface area contributed by atoms with Gasteiger partial charge < -0.3 is 0 Å². The molecule has 0 atom stereocenters. The summed E-state index contributed by atoms with van der Waals surface area (Å²) in [6, 6.07) is 83.4. The van der Waals surface area contributed by atoms with Crippen molar-refractivity contribution in [3.8, 4) is 39.9 Å². The predicted octanol–water partition coefficient (Wildman–Crippen LogP) is 11.7. The molecule has 12 aromatic rings. The van der Waals surface area contributed by atoms with Crippen molar-refractivity contribution in [2.45, 2.75) is 0 Å². The predicted molar refractivity (Wildman–Crippen MR) is 267 cm³/mol. The van der Waals surface area contributed by atoms with Gasteiger partial charge in [-0.1, -0.05) is 194 Å². The topological polar surface area (TPSA) is 43.6 Å². The van der Waals surface area contributed by atoms with E-state index in [1.54, 1.807) is 0 Å². The lowest BCUT2D eigenvalue weighted by Crippen LogP contribution is -2.74. The van der Waals surface area contributed by atoms with Gasteiger partial charge in [-0.15, -0.1) is 11.3 Å². The zero-order valence-electron chi connectivity index (χ0n) is 34.1. The number of hydrogen-bond donors (Lipinski definition) is 0. The molecule has 3 aromatic heterocycles. The van der Waals surface area contributed by atoms with Crippen molar-refractivity contribution >= 4 is 82.1 Å². The molecule has 6 heteroatoms. The van der Waals surface area contributed by atoms with Gasteiger partial charge in [0.25, 0.3) is 0 Å². The molecule has 63 heavy (non-hydrogen) atoms. The molecule has 0 aliphatic carbocycles. The second-order valence-electron chi connectivity index (χ2n) is 16.0. The third-order valence-corrected chi connectivity index (χ3v) is 18.3. The number of para-hydroxylation sites is 2. The van der Waals surface area contributed by atoms with Crippen LogP contribution in [0.1, 0.15) is 0 Å². The SMILES string of the molecule is c1ccc(-c2cccc([Si](c3ccccc3)(c3ccccc3)c3cccc(-c4nc(-c5ccc6sc7ccccc7c6c5)nc(-n5c6ccccc6c6ccccc65)n4)c3)c2)cc1. The molecule has 0 unspecified atom stereocenters. The zero-order chi connectivity index (χ0) is 41.7. The standard InChI is InChI=1S/C57H38N4SSi/c1-4-18-39(19-5-1)40-20-16-26-45(36-40)63(43-22-6-2-7-23-43,44-24-8-3-9-25-44)46-27-17-21-41(37-46)55-58-56(42-34-35-54-50(38-42)49-30-12-15-33-53(49)62-54)60-57(59-55)61-51-31-13-10-28-47(51)48-29-11-14-32-52(48)61/h1-38H. The second-order valence-corrected chi connectivity index (χ2v) is 20.9. The molecule has 0 saturated carbocycles. The summed E-state index contributed by atoms with van der Waals surface area (Å²) in [7, 11) is -2.97. The van der Waals surface area contributed by atoms with Gasteiger partial charge >= 0.3 is 0 Å². The van der Waals surface area contributed by atoms with Crippen LogP contribution >= 0.6 is 11.3 Å². The van der Waals surface area contributed by atoms with Gasteiger partial charge in [0, 0.05) is 42.1 Å². The minimum atomic E-state index is -2.97. The highest BCUT2D eigenvalue weighted by Crippen LogP contribution is 2.37. The van der Waals surface area contributed by atoms with Gasteiger partial charge in [-0.25, -0.2) is 4.98 Å². The van der Waals surface area contributed by atoms with E-state index in [0.717, 1.165) is 32.9 Å². The van der Waals surface area contributed by atoms with Crippen LogP contribution in [0.5, 0.6) is 0 Å². The number of rotatable bonds is 8. The average molecular weight is 839 g/mol. The summed E-state index contributed by atoms with van der Waals surface area (Å²) >= 11 is 1.81. The highest BCUT2D eigenvalue weighted by atomic mass is 32.1. The van der Waals surface area contributed by atoms with Crippen LogP contribution in [0.3, 0.4) is 0 Å². The van der Waals surface area contributed by atoms with Crippen LogP contribution in [-0.2, 0) is 0 Å². The maximum atomic E-state index is 5.43. The Morgan fingerprint density at radius 2 is 0.778 bits per heavy atom. The molecule has 0 aliphatic heterocycles. The first kappa shape index (κ1) is 37.0. The molecule has 4 nitrogen and oxygen atoms in total. The molecule has 0 amide bonds. The summed E-state index contributed by atoms with van der Waals surface area (Å²) in [6.07, 6.45) is 0. The van der Waals surface area contributed by atoms with Crippen molar-refractivity contribution in [3.63, 3.8) is 0 Å². The van der Waals surface area contributed by atoms with E-state index in [9.17, 15) is 0 Å². The van der Waals surface area contributed by atoms with Crippen LogP contribution in [0.2, 0.25) is 0 Å². The number of thiophene rings is 1. The van der Waals surface area contributed by atoms with E-state index in [-0.39, 0.29) is 0 Å². The van der Waals surface area contributed by atoms with E-state index in [1.807, 2.05) is 11.3 Å². The summed E-state index contributed by atoms with van der Waals surface area (Å²) in [6.45, 7) is 0. The number of benzene rings is 9. The van der Waals surface area contributed by atoms with Crippen LogP contribution in [0.25, 0.3) is 81.8 Å². The smallest absolute Gasteiger partial charge is 0.238 e. The van der Waals surface area contributed by atoms with Gasteiger partial charge in [0.15, 0.2) is 19.7 Å². The molecular weight excluding hydrogens is 801 g/mol. The Hall–Kier alpha value is -7.77. The molecule has 296 valence electrons. The minimum Gasteiger partial charge on any atom is -0.278 e. The quantitative estimate of drug-likeness (QED) is 0.113. The van der Waals surface area contributed by atoms with Gasteiger partial charge in [0.05, 0.1) is 11.0 Å². The Balaban J connectivity index is 1.12. The molecule has 0 aliphatic rings. The van der Waals surface area contributed by atoms with E-state index in [4.69, 9.17) is 15.0 Å². The zero-order valence-corrected chi connectivity index (χ0v) is 36.0. The van der Waals surface area contributed by atoms with E-state index < -0.39 is 8.07 Å². The van der Waals surface area contributed by atoms with Crippen LogP contribution in [-0.4, -0.2) is 27.6 Å². The van der Waals surface area contributed by atoms with Gasteiger partial charge in [-0.2, -0.15) is 9.97 Å². The fourth-order valence-electron chi connectivity index (χ4n) is 9.56. The molecule has 0 saturated heterocycles. The Labute approximate surface area is 370 Å². The molecule has 0 radical (unpaired) electrons. The first-order valence-corrected chi connectivity index (χ1v) is 24.1. The van der Waals surface area contributed by atoms with E-state index in [0.29, 0.717) is 17.6 Å². The highest BCUT2D eigenvalue weighted by molar-refractivity contribution is 7.25. The Bertz CT molecular complexity index is 3540. The molecule has 12 rings (SSSR count). The summed E-state index contributed by atoms with van der Waals surface area (Å²) in [5, 5.41) is 9.91. The fraction of sp³-hybridized carbons (Fsp3) is 0. The summed E-state index contributed by atoms with van der Waals surface area (Å²) in [4.78, 5) is 16.2. The fourth-order valence-corrected chi connectivity index (χ4v) is 15.5. The Morgan fingerprint density at radius 1 is 0.317 bits per heavy atom. The third-order valence-electron chi connectivity index (χ3n) is 12.4. The summed E-state index contributed by atoms with van der Waals surface area (Å²) in [5.74, 6) is 1.83. The normalized spacial score (nSPS) is 11.8. The van der Waals surface area contributed by atoms with Crippen molar-refractivity contribution in [2.75, 3.05) is 0 Å². The molecule has 0 spiro atoms. The monoisotopic (exact) mass is 838 g/mol. The van der Waals surface area contributed by atoms with Crippen LogP contribution < -0.4 is 20.7 Å². The lowest BCUT2D eigenvalue weighted by molar-refractivity contribution is 0.954. The van der Waals surface area contributed by atoms with Crippen LogP contribution in [0, 0.1) is 0 Å². The molecule has 0 bridgehead atoms. The van der Waals surface area contributed by atoms with Crippen molar-refractivity contribution in [3.05, 3.63) is 231 Å². The van der Waals surface area contributed by atoms with Crippen LogP contribution in [0.15, 0.2) is 231 Å². The van der Waals surface area contributed by atoms with Gasteiger partial charge in [-0.05, 0) is 68.3 Å². The Morgan fingerprint density at radius 3 is 1.41 bits per heavy atom. The van der Waals surface area contributed by atoms with E-state index in [2.05, 4.69) is 235 Å². The van der Waals surface area contributed by atoms with E-state index in [1.165, 1.54) is 52.0 Å². The minimum absolute atomic E-state index is 0.582. The molecule has 9 aromatic carbocycles. The molecule has 3 heterocycles. The van der Waals surface area contributed by atoms with Crippen molar-refractivity contribution < 1.29 is 0 Å². The lowest BCUT2D eigenvalue weighted by Gasteiger charge is -2.35. The maximum Gasteiger partial charge on any atom is 0.238 e. The molecule has 0 N–H and O–H groups in total. The summed E-state index contributed by atoms with van der Waals surface area (Å²) < 4.78 is 4.70. The number of hydrogen-bond acceptors (Lipinski definition) is 4. The van der Waals surface area contributed by atoms with Crippen LogP contribution in [0.4, 0.5) is 0 Å². The second kappa shape index (κ2) is 15.3. The maximum absolute atomic E-state index is 5.43. The molecular formula is C57H38N4SSi. The van der Waals surface area contributed by atoms with Gasteiger partial charge in [0.2, 0.25) is 5.95 Å². The largest absolute Gasteiger partial charge is 0.278 e. The van der Waals surface area contributed by atoms with Crippen molar-refractivity contribution in [1.82, 2.24) is 19.5 Å². The average Bonchev–Trinajstić information content (AvgIpc) is 3.91. The van der Waals surface area contributed by atoms with E-state index >= 15 is 0 Å². The number of aromatic nitrogens is 4. The van der Waals surface area contributed by atoms with Gasteiger partial charge in [-0.3, -0.25) is 4.57 Å². The van der Waals surface area contributed by atoms with Gasteiger partial charge in [0.1, 0.15) is 0 Å².